The summed E-state index contributed by atoms with van der Waals surface area (Å²) >= 11 is 0. The van der Waals surface area contributed by atoms with Crippen LogP contribution in [0.25, 0.3) is 0 Å². The Bertz CT molecular complexity index is 445. The van der Waals surface area contributed by atoms with Crippen molar-refractivity contribution in [2.75, 3.05) is 25.2 Å². The summed E-state index contributed by atoms with van der Waals surface area (Å²) in [7, 11) is 1.53. The lowest BCUT2D eigenvalue weighted by molar-refractivity contribution is -0.122. The Hall–Kier alpha value is -1.55. The highest BCUT2D eigenvalue weighted by Crippen LogP contribution is 2.34. The molecule has 1 aliphatic heterocycles. The van der Waals surface area contributed by atoms with Gasteiger partial charge in [0.05, 0.1) is 12.2 Å². The average Bonchev–Trinajstić information content (AvgIpc) is 2.37. The van der Waals surface area contributed by atoms with Crippen LogP contribution in [-0.2, 0) is 9.53 Å². The number of aryl methyl sites for hydroxylation is 1. The first kappa shape index (κ1) is 12.9. The molecule has 0 N–H and O–H groups in total. The summed E-state index contributed by atoms with van der Waals surface area (Å²) in [6, 6.07) is 5.91. The smallest absolute Gasteiger partial charge is 0.253 e. The molecule has 1 amide bonds. The fourth-order valence-corrected chi connectivity index (χ4v) is 2.11. The molecule has 4 nitrogen and oxygen atoms in total. The van der Waals surface area contributed by atoms with E-state index in [2.05, 4.69) is 6.92 Å². The van der Waals surface area contributed by atoms with E-state index in [1.807, 2.05) is 25.1 Å². The number of methoxy groups -OCH3 is 1. The van der Waals surface area contributed by atoms with Crippen LogP contribution in [0.1, 0.15) is 18.9 Å². The Morgan fingerprint density at radius 3 is 3.00 bits per heavy atom. The molecule has 0 bridgehead atoms. The first-order valence-corrected chi connectivity index (χ1v) is 6.22. The maximum absolute atomic E-state index is 12.1. The number of amides is 1. The highest BCUT2D eigenvalue weighted by atomic mass is 16.5. The summed E-state index contributed by atoms with van der Waals surface area (Å²) in [6.45, 7) is 4.76. The monoisotopic (exact) mass is 249 g/mol. The summed E-state index contributed by atoms with van der Waals surface area (Å²) in [5.74, 6) is 0.759. The predicted molar refractivity (Wildman–Crippen MR) is 70.1 cm³/mol. The van der Waals surface area contributed by atoms with Gasteiger partial charge in [0.1, 0.15) is 18.5 Å². The average molecular weight is 249 g/mol. The van der Waals surface area contributed by atoms with E-state index < -0.39 is 0 Å². The van der Waals surface area contributed by atoms with Gasteiger partial charge in [-0.3, -0.25) is 4.79 Å². The molecule has 1 aromatic rings. The van der Waals surface area contributed by atoms with E-state index in [0.29, 0.717) is 6.54 Å². The van der Waals surface area contributed by atoms with Crippen LogP contribution in [0.4, 0.5) is 5.69 Å². The standard InChI is InChI=1S/C14H19NO3/c1-4-11-8-15(14(16)9-17-3)12-7-10(2)5-6-13(12)18-11/h5-7,11H,4,8-9H2,1-3H3. The second-order valence-electron chi connectivity index (χ2n) is 4.56. The molecule has 0 saturated carbocycles. The Balaban J connectivity index is 2.34. The number of anilines is 1. The fourth-order valence-electron chi connectivity index (χ4n) is 2.11. The van der Waals surface area contributed by atoms with Crippen molar-refractivity contribution >= 4 is 11.6 Å². The van der Waals surface area contributed by atoms with Crippen molar-refractivity contribution in [2.45, 2.75) is 26.4 Å². The van der Waals surface area contributed by atoms with Gasteiger partial charge in [0.2, 0.25) is 0 Å². The van der Waals surface area contributed by atoms with Crippen LogP contribution in [0.2, 0.25) is 0 Å². The minimum atomic E-state index is -0.0221. The van der Waals surface area contributed by atoms with Crippen LogP contribution in [0, 0.1) is 6.92 Å². The van der Waals surface area contributed by atoms with Gasteiger partial charge in [0.15, 0.2) is 0 Å². The number of hydrogen-bond acceptors (Lipinski definition) is 3. The van der Waals surface area contributed by atoms with E-state index in [4.69, 9.17) is 9.47 Å². The van der Waals surface area contributed by atoms with E-state index >= 15 is 0 Å². The van der Waals surface area contributed by atoms with Crippen molar-refractivity contribution in [3.63, 3.8) is 0 Å². The van der Waals surface area contributed by atoms with Crippen molar-refractivity contribution in [3.8, 4) is 5.75 Å². The first-order chi connectivity index (χ1) is 8.65. The molecule has 0 aromatic heterocycles. The summed E-state index contributed by atoms with van der Waals surface area (Å²) in [4.78, 5) is 13.8. The van der Waals surface area contributed by atoms with Crippen LogP contribution < -0.4 is 9.64 Å². The number of carbonyl (C=O) groups excluding carboxylic acids is 1. The van der Waals surface area contributed by atoms with Gasteiger partial charge < -0.3 is 14.4 Å². The predicted octanol–water partition coefficient (Wildman–Crippen LogP) is 2.15. The molecular formula is C14H19NO3. The second kappa shape index (κ2) is 5.40. The lowest BCUT2D eigenvalue weighted by Gasteiger charge is -2.34. The molecule has 98 valence electrons. The number of nitrogens with zero attached hydrogens (tertiary/aromatic N) is 1. The van der Waals surface area contributed by atoms with Crippen LogP contribution in [0.5, 0.6) is 5.75 Å². The summed E-state index contributed by atoms with van der Waals surface area (Å²) in [5.41, 5.74) is 1.96. The zero-order valence-electron chi connectivity index (χ0n) is 11.1. The SMILES string of the molecule is CCC1CN(C(=O)COC)c2cc(C)ccc2O1. The van der Waals surface area contributed by atoms with Crippen LogP contribution in [0.15, 0.2) is 18.2 Å². The number of carbonyl (C=O) groups is 1. The lowest BCUT2D eigenvalue weighted by Crippen LogP contribution is -2.44. The molecule has 0 aliphatic carbocycles. The summed E-state index contributed by atoms with van der Waals surface area (Å²) < 4.78 is 10.8. The minimum Gasteiger partial charge on any atom is -0.486 e. The third-order valence-electron chi connectivity index (χ3n) is 3.11. The van der Waals surface area contributed by atoms with Gasteiger partial charge in [0, 0.05) is 7.11 Å². The minimum absolute atomic E-state index is 0.0221. The highest BCUT2D eigenvalue weighted by molar-refractivity contribution is 5.96. The molecule has 1 aliphatic rings. The molecule has 0 spiro atoms. The third kappa shape index (κ3) is 2.48. The zero-order valence-corrected chi connectivity index (χ0v) is 11.1. The quantitative estimate of drug-likeness (QED) is 0.824. The normalized spacial score (nSPS) is 18.2. The molecular weight excluding hydrogens is 230 g/mol. The molecule has 1 aromatic carbocycles. The number of ether oxygens (including phenoxy) is 2. The second-order valence-corrected chi connectivity index (χ2v) is 4.56. The van der Waals surface area contributed by atoms with Crippen molar-refractivity contribution in [3.05, 3.63) is 23.8 Å². The van der Waals surface area contributed by atoms with E-state index in [0.717, 1.165) is 23.4 Å². The van der Waals surface area contributed by atoms with Gasteiger partial charge in [-0.25, -0.2) is 0 Å². The van der Waals surface area contributed by atoms with E-state index in [9.17, 15) is 4.79 Å². The van der Waals surface area contributed by atoms with Crippen molar-refractivity contribution in [2.24, 2.45) is 0 Å². The molecule has 1 heterocycles. The van der Waals surface area contributed by atoms with Gasteiger partial charge in [-0.1, -0.05) is 13.0 Å². The highest BCUT2D eigenvalue weighted by Gasteiger charge is 2.28. The van der Waals surface area contributed by atoms with Crippen LogP contribution in [-0.4, -0.2) is 32.3 Å². The largest absolute Gasteiger partial charge is 0.486 e. The lowest BCUT2D eigenvalue weighted by atomic mass is 10.1. The van der Waals surface area contributed by atoms with Gasteiger partial charge in [-0.15, -0.1) is 0 Å². The zero-order chi connectivity index (χ0) is 13.1. The fraction of sp³-hybridized carbons (Fsp3) is 0.500. The van der Waals surface area contributed by atoms with E-state index in [-0.39, 0.29) is 18.6 Å². The molecule has 1 unspecified atom stereocenters. The number of hydrogen-bond donors (Lipinski definition) is 0. The molecule has 0 radical (unpaired) electrons. The molecule has 1 atom stereocenters. The number of rotatable bonds is 3. The third-order valence-corrected chi connectivity index (χ3v) is 3.11. The van der Waals surface area contributed by atoms with Crippen LogP contribution in [0.3, 0.4) is 0 Å². The number of benzene rings is 1. The van der Waals surface area contributed by atoms with Gasteiger partial charge in [-0.05, 0) is 31.0 Å². The molecule has 18 heavy (non-hydrogen) atoms. The maximum Gasteiger partial charge on any atom is 0.253 e. The van der Waals surface area contributed by atoms with Crippen molar-refractivity contribution < 1.29 is 14.3 Å². The Kier molecular flexibility index (Phi) is 3.87. The Labute approximate surface area is 107 Å². The Morgan fingerprint density at radius 1 is 1.56 bits per heavy atom. The summed E-state index contributed by atoms with van der Waals surface area (Å²) in [5, 5.41) is 0. The van der Waals surface area contributed by atoms with Crippen molar-refractivity contribution in [1.82, 2.24) is 0 Å². The molecule has 2 rings (SSSR count). The van der Waals surface area contributed by atoms with E-state index in [1.54, 1.807) is 4.90 Å². The topological polar surface area (TPSA) is 38.8 Å². The van der Waals surface area contributed by atoms with Gasteiger partial charge >= 0.3 is 0 Å². The number of fused-ring (bicyclic) bond motifs is 1. The van der Waals surface area contributed by atoms with E-state index in [1.165, 1.54) is 7.11 Å². The summed E-state index contributed by atoms with van der Waals surface area (Å²) in [6.07, 6.45) is 0.936. The molecule has 0 saturated heterocycles. The maximum atomic E-state index is 12.1. The van der Waals surface area contributed by atoms with Crippen molar-refractivity contribution in [1.29, 1.82) is 0 Å². The Morgan fingerprint density at radius 2 is 2.33 bits per heavy atom. The van der Waals surface area contributed by atoms with Gasteiger partial charge in [-0.2, -0.15) is 0 Å². The van der Waals surface area contributed by atoms with Crippen LogP contribution >= 0.6 is 0 Å². The van der Waals surface area contributed by atoms with Gasteiger partial charge in [0.25, 0.3) is 5.91 Å². The molecule has 4 heteroatoms. The first-order valence-electron chi connectivity index (χ1n) is 6.22. The molecule has 0 fully saturated rings.